The first kappa shape index (κ1) is 13.1. The number of anilines is 2. The molecule has 3 rings (SSSR count). The lowest BCUT2D eigenvalue weighted by Crippen LogP contribution is -2.41. The van der Waals surface area contributed by atoms with Crippen LogP contribution in [0.1, 0.15) is 20.3 Å². The minimum atomic E-state index is -0.0951. The molecule has 0 amide bonds. The summed E-state index contributed by atoms with van der Waals surface area (Å²) in [6.45, 7) is 5.07. The Labute approximate surface area is 118 Å². The van der Waals surface area contributed by atoms with Crippen LogP contribution in [0.5, 0.6) is 0 Å². The van der Waals surface area contributed by atoms with Gasteiger partial charge in [-0.15, -0.1) is 0 Å². The molecule has 0 bridgehead atoms. The maximum Gasteiger partial charge on any atom is 0.224 e. The number of para-hydroxylation sites is 1. The van der Waals surface area contributed by atoms with E-state index in [0.29, 0.717) is 5.95 Å². The normalized spacial score (nSPS) is 25.9. The third kappa shape index (κ3) is 2.18. The maximum absolute atomic E-state index is 5.69. The Hall–Kier alpha value is -1.88. The zero-order valence-corrected chi connectivity index (χ0v) is 12.1. The second kappa shape index (κ2) is 4.90. The molecule has 1 saturated heterocycles. The number of hydrogen-bond acceptors (Lipinski definition) is 5. The van der Waals surface area contributed by atoms with Gasteiger partial charge in [0.25, 0.3) is 0 Å². The van der Waals surface area contributed by atoms with Crippen molar-refractivity contribution in [1.82, 2.24) is 9.97 Å². The molecule has 1 aromatic carbocycles. The number of benzene rings is 1. The molecule has 0 spiro atoms. The number of rotatable bonds is 3. The van der Waals surface area contributed by atoms with E-state index in [1.807, 2.05) is 31.3 Å². The van der Waals surface area contributed by atoms with E-state index in [1.165, 1.54) is 0 Å². The summed E-state index contributed by atoms with van der Waals surface area (Å²) in [5.41, 5.74) is 0.840. The van der Waals surface area contributed by atoms with Crippen LogP contribution >= 0.6 is 0 Å². The van der Waals surface area contributed by atoms with Gasteiger partial charge in [0.05, 0.1) is 17.2 Å². The van der Waals surface area contributed by atoms with Crippen molar-refractivity contribution >= 4 is 22.7 Å². The van der Waals surface area contributed by atoms with Gasteiger partial charge in [-0.05, 0) is 32.4 Å². The maximum atomic E-state index is 5.69. The average molecular weight is 272 g/mol. The highest BCUT2D eigenvalue weighted by atomic mass is 16.5. The highest BCUT2D eigenvalue weighted by Crippen LogP contribution is 2.31. The Morgan fingerprint density at radius 2 is 2.10 bits per heavy atom. The predicted molar refractivity (Wildman–Crippen MR) is 81.1 cm³/mol. The number of nitrogens with zero attached hydrogens (tertiary/aromatic N) is 2. The van der Waals surface area contributed by atoms with E-state index in [2.05, 4.69) is 34.4 Å². The van der Waals surface area contributed by atoms with Crippen LogP contribution < -0.4 is 10.6 Å². The molecule has 2 atom stereocenters. The third-order valence-electron chi connectivity index (χ3n) is 4.12. The van der Waals surface area contributed by atoms with Gasteiger partial charge in [0.2, 0.25) is 5.95 Å². The summed E-state index contributed by atoms with van der Waals surface area (Å²) >= 11 is 0. The van der Waals surface area contributed by atoms with Gasteiger partial charge in [0.15, 0.2) is 0 Å². The van der Waals surface area contributed by atoms with Gasteiger partial charge in [-0.25, -0.2) is 4.98 Å². The first-order valence-electron chi connectivity index (χ1n) is 6.97. The lowest BCUT2D eigenvalue weighted by Gasteiger charge is -2.30. The largest absolute Gasteiger partial charge is 0.376 e. The Kier molecular flexibility index (Phi) is 3.22. The zero-order valence-electron chi connectivity index (χ0n) is 12.1. The van der Waals surface area contributed by atoms with Gasteiger partial charge in [-0.3, -0.25) is 0 Å². The Morgan fingerprint density at radius 1 is 1.30 bits per heavy atom. The van der Waals surface area contributed by atoms with Crippen LogP contribution in [0.3, 0.4) is 0 Å². The Morgan fingerprint density at radius 3 is 2.80 bits per heavy atom. The van der Waals surface area contributed by atoms with Crippen molar-refractivity contribution in [3.05, 3.63) is 24.3 Å². The van der Waals surface area contributed by atoms with Gasteiger partial charge in [0.1, 0.15) is 5.82 Å². The number of ether oxygens (including phenoxy) is 1. The van der Waals surface area contributed by atoms with Crippen molar-refractivity contribution < 1.29 is 4.74 Å². The number of fused-ring (bicyclic) bond motifs is 1. The average Bonchev–Trinajstić information content (AvgIpc) is 2.78. The molecule has 1 aliphatic heterocycles. The molecule has 1 fully saturated rings. The standard InChI is InChI=1S/C15H20N4O/c1-10-15(2,8-9-20-10)19-13-11-6-4-5-7-12(11)17-14(16-3)18-13/h4-7,10H,8-9H2,1-3H3,(H2,16,17,18,19). The topological polar surface area (TPSA) is 59.1 Å². The van der Waals surface area contributed by atoms with E-state index >= 15 is 0 Å². The molecular formula is C15H20N4O. The summed E-state index contributed by atoms with van der Waals surface area (Å²) in [5, 5.41) is 7.62. The molecule has 106 valence electrons. The summed E-state index contributed by atoms with van der Waals surface area (Å²) in [5.74, 6) is 1.49. The number of nitrogens with one attached hydrogen (secondary N) is 2. The first-order chi connectivity index (χ1) is 9.62. The van der Waals surface area contributed by atoms with Crippen LogP contribution in [0, 0.1) is 0 Å². The molecule has 0 radical (unpaired) electrons. The molecular weight excluding hydrogens is 252 g/mol. The van der Waals surface area contributed by atoms with Crippen LogP contribution in [-0.2, 0) is 4.74 Å². The second-order valence-electron chi connectivity index (χ2n) is 5.47. The van der Waals surface area contributed by atoms with Crippen LogP contribution in [0.25, 0.3) is 10.9 Å². The fraction of sp³-hybridized carbons (Fsp3) is 0.467. The van der Waals surface area contributed by atoms with Gasteiger partial charge >= 0.3 is 0 Å². The smallest absolute Gasteiger partial charge is 0.224 e. The number of hydrogen-bond donors (Lipinski definition) is 2. The van der Waals surface area contributed by atoms with Crippen molar-refractivity contribution in [2.24, 2.45) is 0 Å². The molecule has 2 N–H and O–H groups in total. The van der Waals surface area contributed by atoms with Gasteiger partial charge in [-0.2, -0.15) is 4.98 Å². The van der Waals surface area contributed by atoms with Crippen LogP contribution in [0.4, 0.5) is 11.8 Å². The third-order valence-corrected chi connectivity index (χ3v) is 4.12. The van der Waals surface area contributed by atoms with Crippen LogP contribution in [0.15, 0.2) is 24.3 Å². The van der Waals surface area contributed by atoms with Crippen LogP contribution in [0.2, 0.25) is 0 Å². The molecule has 0 saturated carbocycles. The molecule has 2 aromatic rings. The molecule has 20 heavy (non-hydrogen) atoms. The van der Waals surface area contributed by atoms with Gasteiger partial charge in [0, 0.05) is 19.0 Å². The highest BCUT2D eigenvalue weighted by Gasteiger charge is 2.37. The molecule has 2 unspecified atom stereocenters. The first-order valence-corrected chi connectivity index (χ1v) is 6.97. The van der Waals surface area contributed by atoms with Crippen molar-refractivity contribution in [2.75, 3.05) is 24.3 Å². The minimum Gasteiger partial charge on any atom is -0.376 e. The van der Waals surface area contributed by atoms with E-state index in [4.69, 9.17) is 4.74 Å². The summed E-state index contributed by atoms with van der Waals surface area (Å²) in [4.78, 5) is 9.05. The Bertz CT molecular complexity index is 630. The quantitative estimate of drug-likeness (QED) is 0.899. The van der Waals surface area contributed by atoms with E-state index in [1.54, 1.807) is 0 Å². The van der Waals surface area contributed by atoms with Crippen molar-refractivity contribution in [3.63, 3.8) is 0 Å². The van der Waals surface area contributed by atoms with Crippen molar-refractivity contribution in [2.45, 2.75) is 31.9 Å². The van der Waals surface area contributed by atoms with E-state index < -0.39 is 0 Å². The second-order valence-corrected chi connectivity index (χ2v) is 5.47. The van der Waals surface area contributed by atoms with Gasteiger partial charge < -0.3 is 15.4 Å². The summed E-state index contributed by atoms with van der Waals surface area (Å²) < 4.78 is 5.69. The van der Waals surface area contributed by atoms with Crippen molar-refractivity contribution in [1.29, 1.82) is 0 Å². The lowest BCUT2D eigenvalue weighted by molar-refractivity contribution is 0.105. The monoisotopic (exact) mass is 272 g/mol. The molecule has 0 aliphatic carbocycles. The SMILES string of the molecule is CNc1nc(NC2(C)CCOC2C)c2ccccc2n1. The van der Waals surface area contributed by atoms with E-state index in [-0.39, 0.29) is 11.6 Å². The summed E-state index contributed by atoms with van der Waals surface area (Å²) in [6.07, 6.45) is 1.13. The molecule has 5 nitrogen and oxygen atoms in total. The fourth-order valence-corrected chi connectivity index (χ4v) is 2.55. The lowest BCUT2D eigenvalue weighted by atomic mass is 9.94. The van der Waals surface area contributed by atoms with E-state index in [9.17, 15) is 0 Å². The molecule has 1 aromatic heterocycles. The summed E-state index contributed by atoms with van der Waals surface area (Å²) in [6, 6.07) is 8.04. The zero-order chi connectivity index (χ0) is 14.2. The number of aromatic nitrogens is 2. The van der Waals surface area contributed by atoms with E-state index in [0.717, 1.165) is 29.7 Å². The van der Waals surface area contributed by atoms with Gasteiger partial charge in [-0.1, -0.05) is 12.1 Å². The highest BCUT2D eigenvalue weighted by molar-refractivity contribution is 5.90. The van der Waals surface area contributed by atoms with Crippen molar-refractivity contribution in [3.8, 4) is 0 Å². The molecule has 1 aliphatic rings. The summed E-state index contributed by atoms with van der Waals surface area (Å²) in [7, 11) is 1.83. The fourth-order valence-electron chi connectivity index (χ4n) is 2.55. The van der Waals surface area contributed by atoms with Crippen LogP contribution in [-0.4, -0.2) is 35.3 Å². The Balaban J connectivity index is 2.06. The minimum absolute atomic E-state index is 0.0951. The molecule has 2 heterocycles. The molecule has 5 heteroatoms. The predicted octanol–water partition coefficient (Wildman–Crippen LogP) is 2.65.